The molecule has 5 aromatic rings. The molecule has 2 N–H and O–H groups in total. The van der Waals surface area contributed by atoms with E-state index in [9.17, 15) is 9.90 Å². The molecule has 1 aromatic heterocycles. The average molecular weight is 566 g/mol. The first kappa shape index (κ1) is 27.9. The average Bonchev–Trinajstić information content (AvgIpc) is 3.41. The summed E-state index contributed by atoms with van der Waals surface area (Å²) in [4.78, 5) is 12.7. The predicted octanol–water partition coefficient (Wildman–Crippen LogP) is 6.34. The van der Waals surface area contributed by atoms with Crippen LogP contribution in [0.4, 0.5) is 0 Å². The molecule has 4 aromatic carbocycles. The molecule has 0 fully saturated rings. The number of fused-ring (bicyclic) bond motifs is 1. The largest absolute Gasteiger partial charge is 0.507 e. The number of aromatic hydroxyl groups is 1. The third-order valence-electron chi connectivity index (χ3n) is 6.64. The second-order valence-corrected chi connectivity index (χ2v) is 11.4. The first-order chi connectivity index (χ1) is 19.7. The van der Waals surface area contributed by atoms with Gasteiger partial charge in [-0.05, 0) is 52.1 Å². The molecule has 0 saturated carbocycles. The van der Waals surface area contributed by atoms with Crippen LogP contribution in [0, 0.1) is 0 Å². The molecule has 8 nitrogen and oxygen atoms in total. The lowest BCUT2D eigenvalue weighted by atomic mass is 9.87. The maximum Gasteiger partial charge on any atom is 0.250 e. The van der Waals surface area contributed by atoms with Crippen molar-refractivity contribution in [1.82, 2.24) is 20.2 Å². The first-order valence-corrected chi connectivity index (χ1v) is 14.1. The second kappa shape index (κ2) is 11.9. The number of thioether (sulfide) groups is 1. The molecule has 0 saturated heterocycles. The molecule has 0 aliphatic rings. The van der Waals surface area contributed by atoms with Crippen molar-refractivity contribution in [3.8, 4) is 28.6 Å². The quantitative estimate of drug-likeness (QED) is 0.129. The molecule has 0 aliphatic heterocycles. The number of carbonyl (C=O) groups is 1. The molecule has 9 heteroatoms. The van der Waals surface area contributed by atoms with Crippen LogP contribution in [0.5, 0.6) is 11.5 Å². The summed E-state index contributed by atoms with van der Waals surface area (Å²) in [5, 5.41) is 25.7. The minimum absolute atomic E-state index is 0.0331. The van der Waals surface area contributed by atoms with Gasteiger partial charge in [-0.1, -0.05) is 87.1 Å². The van der Waals surface area contributed by atoms with E-state index in [1.807, 2.05) is 71.3 Å². The highest BCUT2D eigenvalue weighted by Gasteiger charge is 2.19. The molecular weight excluding hydrogens is 534 g/mol. The number of hydrogen-bond acceptors (Lipinski definition) is 7. The number of phenolic OH excluding ortho intramolecular Hbond substituents is 1. The fourth-order valence-electron chi connectivity index (χ4n) is 4.38. The SMILES string of the molecule is COc1ccc(-n2c(SCC(=O)N/N=C/c3c(O)ccc4ccccc34)nnc2-c2ccc(C(C)(C)C)cc2)cc1. The molecule has 0 spiro atoms. The van der Waals surface area contributed by atoms with Gasteiger partial charge < -0.3 is 9.84 Å². The molecule has 1 amide bonds. The minimum atomic E-state index is -0.314. The van der Waals surface area contributed by atoms with Crippen LogP contribution in [0.3, 0.4) is 0 Å². The third-order valence-corrected chi connectivity index (χ3v) is 7.56. The van der Waals surface area contributed by atoms with Crippen LogP contribution >= 0.6 is 11.8 Å². The Labute approximate surface area is 243 Å². The lowest BCUT2D eigenvalue weighted by Crippen LogP contribution is -2.20. The number of amides is 1. The molecule has 41 heavy (non-hydrogen) atoms. The summed E-state index contributed by atoms with van der Waals surface area (Å²) in [5.41, 5.74) is 6.11. The van der Waals surface area contributed by atoms with Gasteiger partial charge in [0.15, 0.2) is 11.0 Å². The summed E-state index contributed by atoms with van der Waals surface area (Å²) in [7, 11) is 1.62. The highest BCUT2D eigenvalue weighted by atomic mass is 32.2. The Morgan fingerprint density at radius 3 is 2.44 bits per heavy atom. The van der Waals surface area contributed by atoms with Crippen LogP contribution < -0.4 is 10.2 Å². The summed E-state index contributed by atoms with van der Waals surface area (Å²) in [6.07, 6.45) is 1.46. The van der Waals surface area contributed by atoms with E-state index >= 15 is 0 Å². The van der Waals surface area contributed by atoms with Crippen molar-refractivity contribution in [2.24, 2.45) is 5.10 Å². The van der Waals surface area contributed by atoms with Crippen molar-refractivity contribution in [1.29, 1.82) is 0 Å². The van der Waals surface area contributed by atoms with Crippen LogP contribution in [0.15, 0.2) is 95.2 Å². The summed E-state index contributed by atoms with van der Waals surface area (Å²) in [6, 6.07) is 27.0. The van der Waals surface area contributed by atoms with E-state index in [1.165, 1.54) is 23.5 Å². The number of methoxy groups -OCH3 is 1. The maximum absolute atomic E-state index is 12.7. The Morgan fingerprint density at radius 2 is 1.73 bits per heavy atom. The normalized spacial score (nSPS) is 11.7. The van der Waals surface area contributed by atoms with Gasteiger partial charge in [0.05, 0.1) is 19.1 Å². The zero-order valence-electron chi connectivity index (χ0n) is 23.3. The Bertz CT molecular complexity index is 1700. The number of ether oxygens (including phenoxy) is 1. The number of carbonyl (C=O) groups excluding carboxylic acids is 1. The van der Waals surface area contributed by atoms with Gasteiger partial charge in [0.25, 0.3) is 5.91 Å². The topological polar surface area (TPSA) is 102 Å². The summed E-state index contributed by atoms with van der Waals surface area (Å²) >= 11 is 1.26. The van der Waals surface area contributed by atoms with E-state index < -0.39 is 0 Å². The van der Waals surface area contributed by atoms with Crippen LogP contribution in [-0.4, -0.2) is 44.9 Å². The molecule has 0 aliphatic carbocycles. The van der Waals surface area contributed by atoms with E-state index in [0.717, 1.165) is 27.8 Å². The molecule has 0 radical (unpaired) electrons. The number of benzene rings is 4. The highest BCUT2D eigenvalue weighted by Crippen LogP contribution is 2.31. The zero-order valence-corrected chi connectivity index (χ0v) is 24.1. The van der Waals surface area contributed by atoms with E-state index in [-0.39, 0.29) is 22.8 Å². The van der Waals surface area contributed by atoms with Gasteiger partial charge in [-0.2, -0.15) is 5.10 Å². The van der Waals surface area contributed by atoms with Crippen molar-refractivity contribution >= 4 is 34.7 Å². The predicted molar refractivity (Wildman–Crippen MR) is 164 cm³/mol. The van der Waals surface area contributed by atoms with Gasteiger partial charge in [-0.25, -0.2) is 5.43 Å². The Balaban J connectivity index is 1.36. The Kier molecular flexibility index (Phi) is 8.07. The van der Waals surface area contributed by atoms with E-state index in [4.69, 9.17) is 4.74 Å². The standard InChI is InChI=1S/C32H31N5O3S/c1-32(2,3)23-12-9-22(10-13-23)30-35-36-31(37(30)24-14-16-25(40-4)17-15-24)41-20-29(39)34-33-19-27-26-8-6-5-7-21(26)11-18-28(27)38/h5-19,38H,20H2,1-4H3,(H,34,39)/b33-19+. The number of nitrogens with one attached hydrogen (secondary N) is 1. The number of hydrazone groups is 1. The lowest BCUT2D eigenvalue weighted by Gasteiger charge is -2.19. The fourth-order valence-corrected chi connectivity index (χ4v) is 5.13. The minimum Gasteiger partial charge on any atom is -0.507 e. The third kappa shape index (κ3) is 6.25. The molecule has 5 rings (SSSR count). The summed E-state index contributed by atoms with van der Waals surface area (Å²) in [6.45, 7) is 6.53. The number of rotatable bonds is 8. The van der Waals surface area contributed by atoms with Crippen LogP contribution in [0.25, 0.3) is 27.8 Å². The van der Waals surface area contributed by atoms with Gasteiger partial charge in [0.1, 0.15) is 11.5 Å². The molecule has 0 unspecified atom stereocenters. The van der Waals surface area contributed by atoms with Crippen molar-refractivity contribution < 1.29 is 14.6 Å². The maximum atomic E-state index is 12.7. The van der Waals surface area contributed by atoms with Gasteiger partial charge in [0.2, 0.25) is 0 Å². The number of nitrogens with zero attached hydrogens (tertiary/aromatic N) is 4. The Morgan fingerprint density at radius 1 is 1.00 bits per heavy atom. The van der Waals surface area contributed by atoms with Crippen molar-refractivity contribution in [3.63, 3.8) is 0 Å². The monoisotopic (exact) mass is 565 g/mol. The first-order valence-electron chi connectivity index (χ1n) is 13.1. The van der Waals surface area contributed by atoms with E-state index in [2.05, 4.69) is 53.6 Å². The smallest absolute Gasteiger partial charge is 0.250 e. The van der Waals surface area contributed by atoms with Gasteiger partial charge in [0, 0.05) is 16.8 Å². The van der Waals surface area contributed by atoms with Gasteiger partial charge >= 0.3 is 0 Å². The van der Waals surface area contributed by atoms with Crippen molar-refractivity contribution in [3.05, 3.63) is 96.1 Å². The Hall–Kier alpha value is -4.63. The van der Waals surface area contributed by atoms with Gasteiger partial charge in [-0.3, -0.25) is 9.36 Å². The summed E-state index contributed by atoms with van der Waals surface area (Å²) in [5.74, 6) is 1.25. The summed E-state index contributed by atoms with van der Waals surface area (Å²) < 4.78 is 7.26. The highest BCUT2D eigenvalue weighted by molar-refractivity contribution is 7.99. The van der Waals surface area contributed by atoms with Crippen LogP contribution in [0.2, 0.25) is 0 Å². The fraction of sp³-hybridized carbons (Fsp3) is 0.188. The van der Waals surface area contributed by atoms with Crippen molar-refractivity contribution in [2.75, 3.05) is 12.9 Å². The number of aromatic nitrogens is 3. The number of hydrogen-bond donors (Lipinski definition) is 2. The van der Waals surface area contributed by atoms with Gasteiger partial charge in [-0.15, -0.1) is 10.2 Å². The lowest BCUT2D eigenvalue weighted by molar-refractivity contribution is -0.118. The van der Waals surface area contributed by atoms with E-state index in [0.29, 0.717) is 16.5 Å². The second-order valence-electron chi connectivity index (χ2n) is 10.5. The zero-order chi connectivity index (χ0) is 29.0. The van der Waals surface area contributed by atoms with E-state index in [1.54, 1.807) is 13.2 Å². The molecule has 0 bridgehead atoms. The molecule has 0 atom stereocenters. The molecular formula is C32H31N5O3S. The number of phenols is 1. The van der Waals surface area contributed by atoms with Crippen LogP contribution in [0.1, 0.15) is 31.9 Å². The molecule has 1 heterocycles. The molecule has 208 valence electrons. The van der Waals surface area contributed by atoms with Crippen molar-refractivity contribution in [2.45, 2.75) is 31.3 Å². The van der Waals surface area contributed by atoms with Crippen LogP contribution in [-0.2, 0) is 10.2 Å².